The molecule has 1 aromatic rings. The third kappa shape index (κ3) is 2.42. The van der Waals surface area contributed by atoms with Gasteiger partial charge in [0.2, 0.25) is 0 Å². The number of esters is 1. The van der Waals surface area contributed by atoms with Crippen LogP contribution in [0.5, 0.6) is 0 Å². The van der Waals surface area contributed by atoms with Gasteiger partial charge >= 0.3 is 5.97 Å². The van der Waals surface area contributed by atoms with Crippen molar-refractivity contribution < 1.29 is 9.53 Å². The number of ether oxygens (including phenoxy) is 1. The summed E-state index contributed by atoms with van der Waals surface area (Å²) in [6.07, 6.45) is 0.761. The van der Waals surface area contributed by atoms with Crippen LogP contribution in [0.4, 0.5) is 0 Å². The summed E-state index contributed by atoms with van der Waals surface area (Å²) in [4.78, 5) is 22.2. The van der Waals surface area contributed by atoms with Gasteiger partial charge in [-0.05, 0) is 12.5 Å². The van der Waals surface area contributed by atoms with Crippen molar-refractivity contribution in [1.29, 1.82) is 0 Å². The van der Waals surface area contributed by atoms with Gasteiger partial charge in [0.1, 0.15) is 0 Å². The highest BCUT2D eigenvalue weighted by Crippen LogP contribution is 1.94. The molecule has 0 bridgehead atoms. The van der Waals surface area contributed by atoms with E-state index in [-0.39, 0.29) is 11.3 Å². The number of rotatable bonds is 3. The molecule has 0 spiro atoms. The summed E-state index contributed by atoms with van der Waals surface area (Å²) < 4.78 is 5.96. The maximum Gasteiger partial charge on any atom is 0.358 e. The average Bonchev–Trinajstić information content (AvgIpc) is 2.18. The molecule has 0 radical (unpaired) electrons. The van der Waals surface area contributed by atoms with E-state index in [1.165, 1.54) is 19.2 Å². The SMILES string of the molecule is CCCOC(=O)c1ccc(=O)n(C)n1. The zero-order chi connectivity index (χ0) is 10.6. The fraction of sp³-hybridized carbons (Fsp3) is 0.444. The van der Waals surface area contributed by atoms with Gasteiger partial charge in [-0.25, -0.2) is 9.48 Å². The second kappa shape index (κ2) is 4.55. The first-order valence-electron chi connectivity index (χ1n) is 4.36. The Labute approximate surface area is 81.3 Å². The molecule has 0 fully saturated rings. The minimum Gasteiger partial charge on any atom is -0.461 e. The monoisotopic (exact) mass is 196 g/mol. The van der Waals surface area contributed by atoms with Crippen molar-refractivity contribution in [3.8, 4) is 0 Å². The topological polar surface area (TPSA) is 61.2 Å². The Morgan fingerprint density at radius 1 is 1.57 bits per heavy atom. The van der Waals surface area contributed by atoms with E-state index in [2.05, 4.69) is 5.10 Å². The molecular weight excluding hydrogens is 184 g/mol. The Morgan fingerprint density at radius 2 is 2.29 bits per heavy atom. The summed E-state index contributed by atoms with van der Waals surface area (Å²) in [5, 5.41) is 3.76. The highest BCUT2D eigenvalue weighted by atomic mass is 16.5. The molecule has 76 valence electrons. The molecule has 5 heteroatoms. The number of carbonyl (C=O) groups is 1. The Bertz CT molecular complexity index is 384. The molecule has 1 heterocycles. The molecule has 0 N–H and O–H groups in total. The predicted octanol–water partition coefficient (Wildman–Crippen LogP) is 0.347. The maximum absolute atomic E-state index is 11.3. The highest BCUT2D eigenvalue weighted by molar-refractivity contribution is 5.86. The van der Waals surface area contributed by atoms with Crippen molar-refractivity contribution >= 4 is 5.97 Å². The van der Waals surface area contributed by atoms with Crippen LogP contribution in [0.2, 0.25) is 0 Å². The summed E-state index contributed by atoms with van der Waals surface area (Å²) in [7, 11) is 1.49. The molecule has 0 aliphatic heterocycles. The molecule has 5 nitrogen and oxygen atoms in total. The fourth-order valence-electron chi connectivity index (χ4n) is 0.880. The first-order valence-corrected chi connectivity index (χ1v) is 4.36. The van der Waals surface area contributed by atoms with Crippen LogP contribution in [0.15, 0.2) is 16.9 Å². The van der Waals surface area contributed by atoms with E-state index < -0.39 is 5.97 Å². The zero-order valence-electron chi connectivity index (χ0n) is 8.19. The number of carbonyl (C=O) groups excluding carboxylic acids is 1. The van der Waals surface area contributed by atoms with Crippen LogP contribution in [0.1, 0.15) is 23.8 Å². The maximum atomic E-state index is 11.3. The van der Waals surface area contributed by atoms with Gasteiger partial charge in [-0.1, -0.05) is 6.92 Å². The lowest BCUT2D eigenvalue weighted by Gasteiger charge is -2.02. The molecule has 0 amide bonds. The van der Waals surface area contributed by atoms with Crippen LogP contribution in [0.3, 0.4) is 0 Å². The van der Waals surface area contributed by atoms with Gasteiger partial charge in [-0.3, -0.25) is 4.79 Å². The molecule has 0 aromatic carbocycles. The van der Waals surface area contributed by atoms with Crippen LogP contribution in [0.25, 0.3) is 0 Å². The van der Waals surface area contributed by atoms with Crippen molar-refractivity contribution in [1.82, 2.24) is 9.78 Å². The summed E-state index contributed by atoms with van der Waals surface area (Å²) in [6, 6.07) is 2.65. The molecule has 14 heavy (non-hydrogen) atoms. The second-order valence-electron chi connectivity index (χ2n) is 2.82. The summed E-state index contributed by atoms with van der Waals surface area (Å²) in [5.74, 6) is -0.498. The molecule has 0 aliphatic rings. The summed E-state index contributed by atoms with van der Waals surface area (Å²) >= 11 is 0. The lowest BCUT2D eigenvalue weighted by atomic mass is 10.4. The first-order chi connectivity index (χ1) is 6.65. The van der Waals surface area contributed by atoms with Gasteiger partial charge in [-0.2, -0.15) is 5.10 Å². The molecule has 0 unspecified atom stereocenters. The number of hydrogen-bond acceptors (Lipinski definition) is 4. The standard InChI is InChI=1S/C9H12N2O3/c1-3-6-14-9(13)7-4-5-8(12)11(2)10-7/h4-5H,3,6H2,1-2H3. The van der Waals surface area contributed by atoms with Crippen LogP contribution in [-0.2, 0) is 11.8 Å². The van der Waals surface area contributed by atoms with Crippen LogP contribution in [-0.4, -0.2) is 22.4 Å². The van der Waals surface area contributed by atoms with Gasteiger partial charge in [0.15, 0.2) is 5.69 Å². The van der Waals surface area contributed by atoms with E-state index in [0.29, 0.717) is 6.61 Å². The normalized spacial score (nSPS) is 9.86. The molecule has 0 saturated heterocycles. The van der Waals surface area contributed by atoms with Gasteiger partial charge in [0, 0.05) is 13.1 Å². The van der Waals surface area contributed by atoms with Gasteiger partial charge in [-0.15, -0.1) is 0 Å². The summed E-state index contributed by atoms with van der Waals surface area (Å²) in [6.45, 7) is 2.27. The number of aromatic nitrogens is 2. The molecular formula is C9H12N2O3. The molecule has 0 saturated carbocycles. The van der Waals surface area contributed by atoms with Crippen molar-refractivity contribution in [2.75, 3.05) is 6.61 Å². The second-order valence-corrected chi connectivity index (χ2v) is 2.82. The first kappa shape index (κ1) is 10.4. The number of aryl methyl sites for hydroxylation is 1. The Kier molecular flexibility index (Phi) is 3.39. The number of hydrogen-bond donors (Lipinski definition) is 0. The van der Waals surface area contributed by atoms with E-state index in [9.17, 15) is 9.59 Å². The number of nitrogens with zero attached hydrogens (tertiary/aromatic N) is 2. The smallest absolute Gasteiger partial charge is 0.358 e. The molecule has 0 aliphatic carbocycles. The average molecular weight is 196 g/mol. The van der Waals surface area contributed by atoms with E-state index in [1.807, 2.05) is 6.92 Å². The lowest BCUT2D eigenvalue weighted by Crippen LogP contribution is -2.21. The quantitative estimate of drug-likeness (QED) is 0.654. The van der Waals surface area contributed by atoms with Crippen molar-refractivity contribution in [2.45, 2.75) is 13.3 Å². The fourth-order valence-corrected chi connectivity index (χ4v) is 0.880. The zero-order valence-corrected chi connectivity index (χ0v) is 8.19. The van der Waals surface area contributed by atoms with E-state index in [1.54, 1.807) is 0 Å². The van der Waals surface area contributed by atoms with E-state index >= 15 is 0 Å². The largest absolute Gasteiger partial charge is 0.461 e. The third-order valence-electron chi connectivity index (χ3n) is 1.61. The van der Waals surface area contributed by atoms with Gasteiger partial charge < -0.3 is 4.74 Å². The molecule has 0 atom stereocenters. The van der Waals surface area contributed by atoms with Crippen molar-refractivity contribution in [3.63, 3.8) is 0 Å². The minimum absolute atomic E-state index is 0.153. The lowest BCUT2D eigenvalue weighted by molar-refractivity contribution is 0.0495. The van der Waals surface area contributed by atoms with Crippen molar-refractivity contribution in [2.24, 2.45) is 7.05 Å². The summed E-state index contributed by atoms with van der Waals surface area (Å²) in [5.41, 5.74) is -0.0995. The van der Waals surface area contributed by atoms with Crippen LogP contribution < -0.4 is 5.56 Å². The van der Waals surface area contributed by atoms with E-state index in [0.717, 1.165) is 11.1 Å². The van der Waals surface area contributed by atoms with Crippen LogP contribution in [0, 0.1) is 0 Å². The van der Waals surface area contributed by atoms with E-state index in [4.69, 9.17) is 4.74 Å². The molecule has 1 aromatic heterocycles. The Hall–Kier alpha value is -1.65. The third-order valence-corrected chi connectivity index (χ3v) is 1.61. The van der Waals surface area contributed by atoms with Gasteiger partial charge in [0.25, 0.3) is 5.56 Å². The Morgan fingerprint density at radius 3 is 2.86 bits per heavy atom. The minimum atomic E-state index is -0.498. The van der Waals surface area contributed by atoms with Crippen molar-refractivity contribution in [3.05, 3.63) is 28.2 Å². The predicted molar refractivity (Wildman–Crippen MR) is 50.1 cm³/mol. The van der Waals surface area contributed by atoms with Crippen LogP contribution >= 0.6 is 0 Å². The molecule has 1 rings (SSSR count). The highest BCUT2D eigenvalue weighted by Gasteiger charge is 2.08. The Balaban J connectivity index is 2.81. The van der Waals surface area contributed by atoms with Gasteiger partial charge in [0.05, 0.1) is 6.61 Å².